The zero-order valence-electron chi connectivity index (χ0n) is 19.2. The fourth-order valence-corrected chi connectivity index (χ4v) is 3.52. The van der Waals surface area contributed by atoms with Crippen LogP contribution < -0.4 is 0 Å². The van der Waals surface area contributed by atoms with E-state index in [0.29, 0.717) is 11.5 Å². The van der Waals surface area contributed by atoms with Crippen LogP contribution >= 0.6 is 0 Å². The van der Waals surface area contributed by atoms with Gasteiger partial charge in [-0.3, -0.25) is 9.97 Å². The fraction of sp³-hybridized carbons (Fsp3) is 0.304. The number of alkyl halides is 6. The smallest absolute Gasteiger partial charge is 0.415 e. The molecule has 0 bridgehead atoms. The predicted octanol–water partition coefficient (Wildman–Crippen LogP) is 5.43. The maximum atomic E-state index is 13.6. The van der Waals surface area contributed by atoms with Crippen LogP contribution in [0.3, 0.4) is 0 Å². The molecule has 0 amide bonds. The molecule has 36 heavy (non-hydrogen) atoms. The van der Waals surface area contributed by atoms with Crippen molar-refractivity contribution in [1.29, 1.82) is 0 Å². The Morgan fingerprint density at radius 1 is 0.722 bits per heavy atom. The number of aryl methyl sites for hydroxylation is 1. The van der Waals surface area contributed by atoms with Crippen molar-refractivity contribution in [3.8, 4) is 11.6 Å². The third-order valence-corrected chi connectivity index (χ3v) is 5.63. The molecule has 0 aliphatic rings. The SMILES string of the molecule is Cc1n[c-]n(-c2cccc(C(C)(C)c3cccc(-n4[c-]nc(C(F)(F)F)c4C(F)(F)F)n3)n2)c1C.[Pt+2]. The number of imidazole rings is 2. The van der Waals surface area contributed by atoms with E-state index in [1.807, 2.05) is 13.8 Å². The Balaban J connectivity index is 0.00000361. The van der Waals surface area contributed by atoms with Crippen molar-refractivity contribution in [2.45, 2.75) is 45.5 Å². The Morgan fingerprint density at radius 3 is 1.67 bits per heavy atom. The summed E-state index contributed by atoms with van der Waals surface area (Å²) < 4.78 is 82.1. The standard InChI is InChI=1S/C23H18F6N6.Pt/c1-13-14(2)34(11-30-13)17-9-5-7-15(32-17)21(3,4)16-8-6-10-18(33-16)35-12-31-19(22(24,25)26)20(35)23(27,28)29;/h5-10H,1-4H3;/q-2;+2. The molecule has 0 aliphatic heterocycles. The van der Waals surface area contributed by atoms with Crippen LogP contribution in [0, 0.1) is 26.5 Å². The Morgan fingerprint density at radius 2 is 1.22 bits per heavy atom. The van der Waals surface area contributed by atoms with E-state index in [2.05, 4.69) is 26.3 Å². The van der Waals surface area contributed by atoms with Gasteiger partial charge in [-0.15, -0.1) is 0 Å². The maximum absolute atomic E-state index is 13.6. The number of aromatic nitrogens is 6. The van der Waals surface area contributed by atoms with Crippen molar-refractivity contribution in [1.82, 2.24) is 29.1 Å². The van der Waals surface area contributed by atoms with Gasteiger partial charge in [0.2, 0.25) is 0 Å². The fourth-order valence-electron chi connectivity index (χ4n) is 3.52. The molecule has 4 heterocycles. The molecule has 0 fully saturated rings. The van der Waals surface area contributed by atoms with Crippen LogP contribution in [-0.2, 0) is 38.8 Å². The average molecular weight is 688 g/mol. The molecule has 0 spiro atoms. The summed E-state index contributed by atoms with van der Waals surface area (Å²) >= 11 is 0. The molecule has 0 saturated heterocycles. The Hall–Kier alpha value is -3.01. The molecule has 192 valence electrons. The van der Waals surface area contributed by atoms with Crippen molar-refractivity contribution < 1.29 is 47.4 Å². The average Bonchev–Trinajstić information content (AvgIpc) is 3.38. The first-order valence-corrected chi connectivity index (χ1v) is 10.3. The van der Waals surface area contributed by atoms with Crippen LogP contribution in [0.4, 0.5) is 26.3 Å². The van der Waals surface area contributed by atoms with Crippen molar-refractivity contribution in [2.75, 3.05) is 0 Å². The molecule has 0 aromatic carbocycles. The second-order valence-electron chi connectivity index (χ2n) is 8.35. The third-order valence-electron chi connectivity index (χ3n) is 5.63. The molecule has 0 N–H and O–H groups in total. The van der Waals surface area contributed by atoms with E-state index in [1.165, 1.54) is 6.07 Å². The topological polar surface area (TPSA) is 61.4 Å². The Kier molecular flexibility index (Phi) is 7.24. The van der Waals surface area contributed by atoms with Crippen molar-refractivity contribution >= 4 is 0 Å². The second kappa shape index (κ2) is 9.46. The summed E-state index contributed by atoms with van der Waals surface area (Å²) in [4.78, 5) is 15.9. The quantitative estimate of drug-likeness (QED) is 0.212. The van der Waals surface area contributed by atoms with Gasteiger partial charge < -0.3 is 19.1 Å². The summed E-state index contributed by atoms with van der Waals surface area (Å²) in [5, 5.41) is 0. The summed E-state index contributed by atoms with van der Waals surface area (Å²) in [6.45, 7) is 7.20. The van der Waals surface area contributed by atoms with Gasteiger partial charge in [0.25, 0.3) is 0 Å². The zero-order valence-corrected chi connectivity index (χ0v) is 21.5. The normalized spacial score (nSPS) is 12.5. The van der Waals surface area contributed by atoms with Gasteiger partial charge in [0.15, 0.2) is 0 Å². The molecule has 0 radical (unpaired) electrons. The van der Waals surface area contributed by atoms with Crippen LogP contribution in [0.25, 0.3) is 11.6 Å². The summed E-state index contributed by atoms with van der Waals surface area (Å²) in [5.74, 6) is 0.124. The van der Waals surface area contributed by atoms with Gasteiger partial charge in [0.05, 0.1) is 17.3 Å². The van der Waals surface area contributed by atoms with Gasteiger partial charge in [0, 0.05) is 35.2 Å². The van der Waals surface area contributed by atoms with Crippen LogP contribution in [0.1, 0.15) is 48.0 Å². The molecule has 0 atom stereocenters. The van der Waals surface area contributed by atoms with E-state index >= 15 is 0 Å². The van der Waals surface area contributed by atoms with Crippen LogP contribution in [0.5, 0.6) is 0 Å². The molecule has 6 nitrogen and oxygen atoms in total. The van der Waals surface area contributed by atoms with Gasteiger partial charge in [-0.2, -0.15) is 26.3 Å². The molecule has 0 unspecified atom stereocenters. The van der Waals surface area contributed by atoms with E-state index in [0.717, 1.165) is 17.5 Å². The minimum Gasteiger partial charge on any atom is -0.415 e. The number of nitrogens with zero attached hydrogens (tertiary/aromatic N) is 6. The third kappa shape index (κ3) is 4.96. The van der Waals surface area contributed by atoms with Crippen molar-refractivity contribution in [3.05, 3.63) is 83.2 Å². The molecule has 4 aromatic rings. The number of pyridine rings is 2. The summed E-state index contributed by atoms with van der Waals surface area (Å²) in [6, 6.07) is 9.36. The molecule has 4 aromatic heterocycles. The summed E-state index contributed by atoms with van der Waals surface area (Å²) in [5.41, 5.74) is -2.57. The first-order valence-electron chi connectivity index (χ1n) is 10.3. The van der Waals surface area contributed by atoms with E-state index in [1.54, 1.807) is 49.0 Å². The molecular weight excluding hydrogens is 669 g/mol. The van der Waals surface area contributed by atoms with Gasteiger partial charge in [-0.1, -0.05) is 49.5 Å². The van der Waals surface area contributed by atoms with E-state index in [9.17, 15) is 26.3 Å². The van der Waals surface area contributed by atoms with Gasteiger partial charge in [-0.05, 0) is 26.0 Å². The van der Waals surface area contributed by atoms with Gasteiger partial charge >= 0.3 is 33.4 Å². The molecule has 13 heteroatoms. The second-order valence-corrected chi connectivity index (χ2v) is 8.35. The Labute approximate surface area is 216 Å². The van der Waals surface area contributed by atoms with Crippen LogP contribution in [0.2, 0.25) is 0 Å². The number of hydrogen-bond acceptors (Lipinski definition) is 4. The summed E-state index contributed by atoms with van der Waals surface area (Å²) in [7, 11) is 0. The first-order chi connectivity index (χ1) is 16.2. The molecule has 0 aliphatic carbocycles. The van der Waals surface area contributed by atoms with E-state index in [-0.39, 0.29) is 31.3 Å². The first kappa shape index (κ1) is 27.6. The maximum Gasteiger partial charge on any atom is 2.00 e. The number of halogens is 6. The van der Waals surface area contributed by atoms with Crippen LogP contribution in [0.15, 0.2) is 36.4 Å². The monoisotopic (exact) mass is 687 g/mol. The van der Waals surface area contributed by atoms with E-state index < -0.39 is 35.0 Å². The minimum atomic E-state index is -5.34. The molecule has 4 rings (SSSR count). The van der Waals surface area contributed by atoms with Crippen molar-refractivity contribution in [3.63, 3.8) is 0 Å². The molecule has 0 saturated carbocycles. The van der Waals surface area contributed by atoms with Gasteiger partial charge in [-0.25, -0.2) is 0 Å². The number of hydrogen-bond donors (Lipinski definition) is 0. The largest absolute Gasteiger partial charge is 2.00 e. The van der Waals surface area contributed by atoms with E-state index in [4.69, 9.17) is 0 Å². The van der Waals surface area contributed by atoms with Gasteiger partial charge in [0.1, 0.15) is 0 Å². The predicted molar refractivity (Wildman–Crippen MR) is 112 cm³/mol. The number of rotatable bonds is 4. The van der Waals surface area contributed by atoms with Crippen molar-refractivity contribution in [2.24, 2.45) is 0 Å². The molecular formula is C23H18F6N6Pt. The zero-order chi connectivity index (χ0) is 25.8. The minimum absolute atomic E-state index is 0. The van der Waals surface area contributed by atoms with Crippen LogP contribution in [-0.4, -0.2) is 29.1 Å². The Bertz CT molecular complexity index is 1390. The summed E-state index contributed by atoms with van der Waals surface area (Å²) in [6.07, 6.45) is -6.00.